The molecule has 3 unspecified atom stereocenters. The second-order valence-corrected chi connectivity index (χ2v) is 9.42. The first-order valence-electron chi connectivity index (χ1n) is 10.9. The van der Waals surface area contributed by atoms with Crippen LogP contribution in [0, 0.1) is 11.8 Å². The molecule has 1 heterocycles. The van der Waals surface area contributed by atoms with E-state index in [4.69, 9.17) is 5.73 Å². The number of β-amino-alcohol motifs (C(OH)–C–C–N with tert-alkyl or cyclic N) is 1. The van der Waals surface area contributed by atoms with Gasteiger partial charge >= 0.3 is 0 Å². The van der Waals surface area contributed by atoms with Crippen LogP contribution in [0.25, 0.3) is 0 Å². The fourth-order valence-electron chi connectivity index (χ4n) is 6.40. The number of aliphatic hydroxyl groups is 1. The molecule has 1 aliphatic heterocycles. The van der Waals surface area contributed by atoms with Crippen LogP contribution < -0.4 is 5.73 Å². The number of nitrogens with zero attached hydrogens (tertiary/aromatic N) is 1. The van der Waals surface area contributed by atoms with Crippen LogP contribution in [-0.2, 0) is 18.3 Å². The topological polar surface area (TPSA) is 66.6 Å². The molecule has 2 aliphatic carbocycles. The lowest BCUT2D eigenvalue weighted by Crippen LogP contribution is -2.47. The molecule has 152 valence electrons. The van der Waals surface area contributed by atoms with E-state index in [0.717, 1.165) is 45.3 Å². The summed E-state index contributed by atoms with van der Waals surface area (Å²) >= 11 is 0. The number of hydrogen-bond acceptors (Lipinski definition) is 3. The lowest BCUT2D eigenvalue weighted by atomic mass is 9.80. The zero-order valence-electron chi connectivity index (χ0n) is 17.1. The summed E-state index contributed by atoms with van der Waals surface area (Å²) in [5.41, 5.74) is 9.61. The van der Waals surface area contributed by atoms with E-state index in [9.17, 15) is 9.90 Å². The highest BCUT2D eigenvalue weighted by molar-refractivity contribution is 5.93. The number of amides is 1. The lowest BCUT2D eigenvalue weighted by molar-refractivity contribution is -0.00666. The lowest BCUT2D eigenvalue weighted by Gasteiger charge is -2.38. The number of hydrogen-bond donors (Lipinski definition) is 2. The van der Waals surface area contributed by atoms with E-state index in [1.54, 1.807) is 6.07 Å². The van der Waals surface area contributed by atoms with Crippen molar-refractivity contribution < 1.29 is 9.90 Å². The summed E-state index contributed by atoms with van der Waals surface area (Å²) in [7, 11) is 0. The molecule has 1 amide bonds. The molecule has 0 aromatic heterocycles. The normalized spacial score (nSPS) is 33.2. The number of likely N-dealkylation sites (tertiary alicyclic amines) is 1. The Labute approximate surface area is 172 Å². The minimum Gasteiger partial charge on any atom is -0.388 e. The summed E-state index contributed by atoms with van der Waals surface area (Å²) in [6.07, 6.45) is 3.65. The van der Waals surface area contributed by atoms with Gasteiger partial charge in [-0.15, -0.1) is 0 Å². The Bertz CT molecular complexity index is 943. The summed E-state index contributed by atoms with van der Waals surface area (Å²) in [6.45, 7) is 5.08. The zero-order valence-corrected chi connectivity index (χ0v) is 17.1. The summed E-state index contributed by atoms with van der Waals surface area (Å²) < 4.78 is 0. The smallest absolute Gasteiger partial charge is 0.248 e. The Morgan fingerprint density at radius 3 is 2.55 bits per heavy atom. The quantitative estimate of drug-likeness (QED) is 0.825. The van der Waals surface area contributed by atoms with E-state index in [-0.39, 0.29) is 11.3 Å². The molecule has 0 bridgehead atoms. The average Bonchev–Trinajstić information content (AvgIpc) is 3.11. The maximum Gasteiger partial charge on any atom is 0.248 e. The van der Waals surface area contributed by atoms with Gasteiger partial charge in [0, 0.05) is 37.0 Å². The maximum absolute atomic E-state index is 11.6. The van der Waals surface area contributed by atoms with Crippen molar-refractivity contribution in [3.05, 3.63) is 70.8 Å². The van der Waals surface area contributed by atoms with Crippen LogP contribution in [0.2, 0.25) is 0 Å². The van der Waals surface area contributed by atoms with Gasteiger partial charge in [-0.1, -0.05) is 43.3 Å². The van der Waals surface area contributed by atoms with Gasteiger partial charge in [0.05, 0.1) is 5.60 Å². The van der Waals surface area contributed by atoms with Crippen molar-refractivity contribution >= 4 is 5.91 Å². The third-order valence-corrected chi connectivity index (χ3v) is 7.89. The van der Waals surface area contributed by atoms with Crippen molar-refractivity contribution in [3.63, 3.8) is 0 Å². The molecule has 3 N–H and O–H groups in total. The van der Waals surface area contributed by atoms with Gasteiger partial charge in [-0.2, -0.15) is 0 Å². The van der Waals surface area contributed by atoms with E-state index >= 15 is 0 Å². The Morgan fingerprint density at radius 1 is 1.14 bits per heavy atom. The van der Waals surface area contributed by atoms with Crippen molar-refractivity contribution in [1.29, 1.82) is 0 Å². The van der Waals surface area contributed by atoms with Crippen LogP contribution in [0.1, 0.15) is 46.8 Å². The largest absolute Gasteiger partial charge is 0.388 e. The molecule has 0 spiro atoms. The first kappa shape index (κ1) is 18.8. The predicted molar refractivity (Wildman–Crippen MR) is 114 cm³/mol. The highest BCUT2D eigenvalue weighted by atomic mass is 16.3. The SMILES string of the molecule is CCC1(c2cccc(C(N)=O)c2)C2CN(CC3(O)CCc4ccccc4C3)CC21. The van der Waals surface area contributed by atoms with Crippen LogP contribution >= 0.6 is 0 Å². The summed E-state index contributed by atoms with van der Waals surface area (Å²) in [6, 6.07) is 16.4. The van der Waals surface area contributed by atoms with E-state index in [1.165, 1.54) is 16.7 Å². The molecule has 1 saturated heterocycles. The Morgan fingerprint density at radius 2 is 1.86 bits per heavy atom. The van der Waals surface area contributed by atoms with E-state index in [1.807, 2.05) is 12.1 Å². The minimum absolute atomic E-state index is 0.170. The van der Waals surface area contributed by atoms with Gasteiger partial charge in [0.2, 0.25) is 5.91 Å². The fourth-order valence-corrected chi connectivity index (χ4v) is 6.40. The molecular weight excluding hydrogens is 360 g/mol. The van der Waals surface area contributed by atoms with E-state index in [0.29, 0.717) is 17.4 Å². The first-order valence-corrected chi connectivity index (χ1v) is 10.9. The molecule has 2 fully saturated rings. The Kier molecular flexibility index (Phi) is 4.34. The summed E-state index contributed by atoms with van der Waals surface area (Å²) in [5.74, 6) is 0.857. The molecular formula is C25H30N2O2. The number of benzene rings is 2. The van der Waals surface area contributed by atoms with Crippen LogP contribution in [-0.4, -0.2) is 41.1 Å². The second kappa shape index (κ2) is 6.68. The van der Waals surface area contributed by atoms with Gasteiger partial charge in [-0.05, 0) is 59.9 Å². The molecule has 3 atom stereocenters. The molecule has 2 aromatic rings. The average molecular weight is 391 g/mol. The van der Waals surface area contributed by atoms with Crippen molar-refractivity contribution in [2.24, 2.45) is 17.6 Å². The van der Waals surface area contributed by atoms with E-state index in [2.05, 4.69) is 42.2 Å². The number of carbonyl (C=O) groups excluding carboxylic acids is 1. The molecule has 4 nitrogen and oxygen atoms in total. The van der Waals surface area contributed by atoms with Gasteiger partial charge < -0.3 is 10.8 Å². The van der Waals surface area contributed by atoms with Crippen molar-refractivity contribution in [3.8, 4) is 0 Å². The number of fused-ring (bicyclic) bond motifs is 2. The molecule has 4 heteroatoms. The molecule has 2 aromatic carbocycles. The number of nitrogens with two attached hydrogens (primary N) is 1. The van der Waals surface area contributed by atoms with Crippen LogP contribution in [0.5, 0.6) is 0 Å². The highest BCUT2D eigenvalue weighted by Crippen LogP contribution is 2.65. The number of primary amides is 1. The molecule has 3 aliphatic rings. The third kappa shape index (κ3) is 3.01. The highest BCUT2D eigenvalue weighted by Gasteiger charge is 2.67. The van der Waals surface area contributed by atoms with Crippen molar-refractivity contribution in [2.75, 3.05) is 19.6 Å². The van der Waals surface area contributed by atoms with Crippen molar-refractivity contribution in [1.82, 2.24) is 4.90 Å². The predicted octanol–water partition coefficient (Wildman–Crippen LogP) is 2.91. The zero-order chi connectivity index (χ0) is 20.2. The Balaban J connectivity index is 1.28. The fraction of sp³-hybridized carbons (Fsp3) is 0.480. The number of piperidine rings is 1. The summed E-state index contributed by atoms with van der Waals surface area (Å²) in [5, 5.41) is 11.3. The second-order valence-electron chi connectivity index (χ2n) is 9.42. The number of carbonyl (C=O) groups is 1. The van der Waals surface area contributed by atoms with Gasteiger partial charge in [-0.25, -0.2) is 0 Å². The third-order valence-electron chi connectivity index (χ3n) is 7.89. The van der Waals surface area contributed by atoms with Crippen molar-refractivity contribution in [2.45, 2.75) is 43.6 Å². The minimum atomic E-state index is -0.619. The number of rotatable bonds is 5. The number of aryl methyl sites for hydroxylation is 1. The van der Waals surface area contributed by atoms with Crippen LogP contribution in [0.3, 0.4) is 0 Å². The Hall–Kier alpha value is -2.17. The molecule has 5 rings (SSSR count). The maximum atomic E-state index is 11.6. The molecule has 1 saturated carbocycles. The molecule has 0 radical (unpaired) electrons. The van der Waals surface area contributed by atoms with Gasteiger partial charge in [0.25, 0.3) is 0 Å². The molecule has 29 heavy (non-hydrogen) atoms. The van der Waals surface area contributed by atoms with Crippen LogP contribution in [0.15, 0.2) is 48.5 Å². The monoisotopic (exact) mass is 390 g/mol. The van der Waals surface area contributed by atoms with Crippen LogP contribution in [0.4, 0.5) is 0 Å². The van der Waals surface area contributed by atoms with Gasteiger partial charge in [-0.3, -0.25) is 9.69 Å². The first-order chi connectivity index (χ1) is 13.9. The van der Waals surface area contributed by atoms with Gasteiger partial charge in [0.15, 0.2) is 0 Å². The van der Waals surface area contributed by atoms with E-state index < -0.39 is 5.60 Å². The summed E-state index contributed by atoms with van der Waals surface area (Å²) in [4.78, 5) is 14.1. The standard InChI is InChI=1S/C25H30N2O2/c1-2-25(20-9-5-8-18(12-20)23(26)28)21-14-27(15-22(21)25)16-24(29)11-10-17-6-3-4-7-19(17)13-24/h3-9,12,21-22,29H,2,10-11,13-16H2,1H3,(H2,26,28). The van der Waals surface area contributed by atoms with Gasteiger partial charge in [0.1, 0.15) is 0 Å².